The fourth-order valence-corrected chi connectivity index (χ4v) is 3.40. The number of carbonyl (C=O) groups excluding carboxylic acids is 1. The van der Waals surface area contributed by atoms with Crippen molar-refractivity contribution in [2.24, 2.45) is 0 Å². The number of amides is 1. The van der Waals surface area contributed by atoms with Crippen molar-refractivity contribution in [1.82, 2.24) is 9.62 Å². The van der Waals surface area contributed by atoms with Gasteiger partial charge in [0.05, 0.1) is 7.11 Å². The molecule has 2 rings (SSSR count). The number of carbonyl (C=O) groups is 1. The summed E-state index contributed by atoms with van der Waals surface area (Å²) in [4.78, 5) is 12.3. The van der Waals surface area contributed by atoms with Crippen LogP contribution in [0.25, 0.3) is 0 Å². The Labute approximate surface area is 153 Å². The van der Waals surface area contributed by atoms with Gasteiger partial charge in [0.15, 0.2) is 0 Å². The summed E-state index contributed by atoms with van der Waals surface area (Å²) >= 11 is 0. The van der Waals surface area contributed by atoms with Crippen LogP contribution >= 0.6 is 0 Å². The summed E-state index contributed by atoms with van der Waals surface area (Å²) in [6, 6.07) is 11.7. The zero-order valence-electron chi connectivity index (χ0n) is 15.0. The van der Waals surface area contributed by atoms with Crippen LogP contribution in [0, 0.1) is 0 Å². The molecule has 26 heavy (non-hydrogen) atoms. The summed E-state index contributed by atoms with van der Waals surface area (Å²) in [5.74, 6) is -0.157. The number of hydrogen-bond donors (Lipinski definition) is 2. The van der Waals surface area contributed by atoms with Crippen molar-refractivity contribution < 1.29 is 17.9 Å². The molecular weight excluding hydrogens is 354 g/mol. The van der Waals surface area contributed by atoms with E-state index in [0.29, 0.717) is 18.7 Å². The van der Waals surface area contributed by atoms with E-state index in [1.54, 1.807) is 12.1 Å². The average molecular weight is 377 g/mol. The van der Waals surface area contributed by atoms with Crippen LogP contribution in [-0.2, 0) is 16.4 Å². The number of nitrogen functional groups attached to an aromatic ring is 1. The number of nitrogens with two attached hydrogens (primary N) is 1. The summed E-state index contributed by atoms with van der Waals surface area (Å²) in [5.41, 5.74) is 7.63. The molecule has 3 N–H and O–H groups in total. The van der Waals surface area contributed by atoms with E-state index < -0.39 is 10.0 Å². The molecular formula is C18H23N3O4S. The smallest absolute Gasteiger partial charge is 0.251 e. The van der Waals surface area contributed by atoms with Crippen LogP contribution in [0.4, 0.5) is 5.69 Å². The lowest BCUT2D eigenvalue weighted by Crippen LogP contribution is -2.27. The predicted octanol–water partition coefficient (Wildman–Crippen LogP) is 1.50. The van der Waals surface area contributed by atoms with Gasteiger partial charge in [0.1, 0.15) is 10.6 Å². The molecule has 0 aromatic heterocycles. The fourth-order valence-electron chi connectivity index (χ4n) is 2.32. The Hall–Kier alpha value is -2.58. The van der Waals surface area contributed by atoms with Crippen molar-refractivity contribution in [1.29, 1.82) is 0 Å². The Morgan fingerprint density at radius 3 is 2.38 bits per heavy atom. The van der Waals surface area contributed by atoms with Gasteiger partial charge >= 0.3 is 0 Å². The summed E-state index contributed by atoms with van der Waals surface area (Å²) in [6.45, 7) is 0.421. The van der Waals surface area contributed by atoms with Crippen LogP contribution in [0.3, 0.4) is 0 Å². The average Bonchev–Trinajstić information content (AvgIpc) is 2.62. The normalized spacial score (nSPS) is 11.4. The van der Waals surface area contributed by atoms with Gasteiger partial charge in [-0.2, -0.15) is 0 Å². The number of hydrogen-bond acceptors (Lipinski definition) is 5. The van der Waals surface area contributed by atoms with Crippen molar-refractivity contribution in [2.45, 2.75) is 11.3 Å². The topological polar surface area (TPSA) is 102 Å². The van der Waals surface area contributed by atoms with E-state index in [-0.39, 0.29) is 22.1 Å². The van der Waals surface area contributed by atoms with E-state index in [2.05, 4.69) is 5.32 Å². The van der Waals surface area contributed by atoms with E-state index in [1.165, 1.54) is 39.4 Å². The predicted molar refractivity (Wildman–Crippen MR) is 101 cm³/mol. The summed E-state index contributed by atoms with van der Waals surface area (Å²) in [6.07, 6.45) is 0.644. The first-order chi connectivity index (χ1) is 12.3. The molecule has 0 saturated heterocycles. The molecule has 2 aromatic rings. The third-order valence-electron chi connectivity index (χ3n) is 3.86. The monoisotopic (exact) mass is 377 g/mol. The molecule has 7 nitrogen and oxygen atoms in total. The zero-order valence-corrected chi connectivity index (χ0v) is 15.8. The summed E-state index contributed by atoms with van der Waals surface area (Å²) in [5, 5.41) is 2.79. The van der Waals surface area contributed by atoms with Crippen LogP contribution < -0.4 is 15.8 Å². The number of ether oxygens (including phenoxy) is 1. The van der Waals surface area contributed by atoms with Crippen molar-refractivity contribution in [3.8, 4) is 5.75 Å². The molecule has 2 aromatic carbocycles. The van der Waals surface area contributed by atoms with E-state index in [0.717, 1.165) is 9.87 Å². The first-order valence-corrected chi connectivity index (χ1v) is 9.43. The van der Waals surface area contributed by atoms with Gasteiger partial charge in [-0.15, -0.1) is 0 Å². The maximum absolute atomic E-state index is 12.4. The zero-order chi connectivity index (χ0) is 19.3. The number of methoxy groups -OCH3 is 1. The Bertz CT molecular complexity index is 878. The first kappa shape index (κ1) is 19.7. The molecule has 1 amide bonds. The van der Waals surface area contributed by atoms with E-state index >= 15 is 0 Å². The lowest BCUT2D eigenvalue weighted by molar-refractivity contribution is 0.0954. The SMILES string of the molecule is COc1ccc(C(=O)NCCc2ccc(N)cc2)cc1S(=O)(=O)N(C)C. The van der Waals surface area contributed by atoms with Crippen LogP contribution in [-0.4, -0.2) is 46.4 Å². The van der Waals surface area contributed by atoms with E-state index in [9.17, 15) is 13.2 Å². The number of sulfonamides is 1. The molecule has 0 aliphatic heterocycles. The Morgan fingerprint density at radius 1 is 1.15 bits per heavy atom. The first-order valence-electron chi connectivity index (χ1n) is 7.99. The third kappa shape index (κ3) is 4.53. The highest BCUT2D eigenvalue weighted by molar-refractivity contribution is 7.89. The second-order valence-corrected chi connectivity index (χ2v) is 8.02. The highest BCUT2D eigenvalue weighted by atomic mass is 32.2. The van der Waals surface area contributed by atoms with E-state index in [4.69, 9.17) is 10.5 Å². The van der Waals surface area contributed by atoms with Crippen molar-refractivity contribution in [2.75, 3.05) is 33.5 Å². The molecule has 0 saturated carbocycles. The van der Waals surface area contributed by atoms with Crippen molar-refractivity contribution in [3.63, 3.8) is 0 Å². The van der Waals surface area contributed by atoms with Crippen LogP contribution in [0.1, 0.15) is 15.9 Å². The van der Waals surface area contributed by atoms with Gasteiger partial charge in [-0.05, 0) is 42.3 Å². The third-order valence-corrected chi connectivity index (χ3v) is 5.70. The van der Waals surface area contributed by atoms with Gasteiger partial charge in [-0.1, -0.05) is 12.1 Å². The van der Waals surface area contributed by atoms with Gasteiger partial charge in [0.25, 0.3) is 5.91 Å². The molecule has 0 radical (unpaired) electrons. The van der Waals surface area contributed by atoms with Crippen LogP contribution in [0.15, 0.2) is 47.4 Å². The van der Waals surface area contributed by atoms with Crippen LogP contribution in [0.2, 0.25) is 0 Å². The largest absolute Gasteiger partial charge is 0.495 e. The Morgan fingerprint density at radius 2 is 1.81 bits per heavy atom. The van der Waals surface area contributed by atoms with Gasteiger partial charge < -0.3 is 15.8 Å². The minimum absolute atomic E-state index is 0.0452. The minimum atomic E-state index is -3.73. The maximum Gasteiger partial charge on any atom is 0.251 e. The molecule has 0 aliphatic rings. The lowest BCUT2D eigenvalue weighted by atomic mass is 10.1. The standard InChI is InChI=1S/C18H23N3O4S/c1-21(2)26(23,24)17-12-14(6-9-16(17)25-3)18(22)20-11-10-13-4-7-15(19)8-5-13/h4-9,12H,10-11,19H2,1-3H3,(H,20,22). The highest BCUT2D eigenvalue weighted by Crippen LogP contribution is 2.26. The number of rotatable bonds is 7. The summed E-state index contributed by atoms with van der Waals surface area (Å²) in [7, 11) is 0.508. The molecule has 0 fully saturated rings. The minimum Gasteiger partial charge on any atom is -0.495 e. The molecule has 0 aliphatic carbocycles. The molecule has 140 valence electrons. The van der Waals surface area contributed by atoms with Gasteiger partial charge in [-0.25, -0.2) is 12.7 Å². The highest BCUT2D eigenvalue weighted by Gasteiger charge is 2.23. The van der Waals surface area contributed by atoms with E-state index in [1.807, 2.05) is 12.1 Å². The summed E-state index contributed by atoms with van der Waals surface area (Å²) < 4.78 is 31.0. The van der Waals surface area contributed by atoms with Crippen molar-refractivity contribution in [3.05, 3.63) is 53.6 Å². The number of anilines is 1. The number of nitrogens with zero attached hydrogens (tertiary/aromatic N) is 1. The molecule has 0 spiro atoms. The molecule has 0 bridgehead atoms. The van der Waals surface area contributed by atoms with Crippen LogP contribution in [0.5, 0.6) is 5.75 Å². The number of benzene rings is 2. The molecule has 8 heteroatoms. The second-order valence-electron chi connectivity index (χ2n) is 5.90. The lowest BCUT2D eigenvalue weighted by Gasteiger charge is -2.15. The van der Waals surface area contributed by atoms with Gasteiger partial charge in [0.2, 0.25) is 10.0 Å². The second kappa shape index (κ2) is 8.20. The van der Waals surface area contributed by atoms with Crippen molar-refractivity contribution >= 4 is 21.6 Å². The van der Waals surface area contributed by atoms with Gasteiger partial charge in [-0.3, -0.25) is 4.79 Å². The van der Waals surface area contributed by atoms with Gasteiger partial charge in [0, 0.05) is 31.9 Å². The maximum atomic E-state index is 12.4. The molecule has 0 atom stereocenters. The molecule has 0 heterocycles. The Kier molecular flexibility index (Phi) is 6.23. The molecule has 0 unspecified atom stereocenters. The fraction of sp³-hybridized carbons (Fsp3) is 0.278. The Balaban J connectivity index is 2.12. The quantitative estimate of drug-likeness (QED) is 0.712. The number of nitrogens with one attached hydrogen (secondary N) is 1.